The van der Waals surface area contributed by atoms with Crippen LogP contribution in [0.4, 0.5) is 4.79 Å². The highest BCUT2D eigenvalue weighted by Crippen LogP contribution is 2.33. The summed E-state index contributed by atoms with van der Waals surface area (Å²) in [5.41, 5.74) is 3.25. The van der Waals surface area contributed by atoms with E-state index in [9.17, 15) is 4.79 Å². The van der Waals surface area contributed by atoms with Crippen LogP contribution in [0, 0.1) is 0 Å². The van der Waals surface area contributed by atoms with E-state index in [2.05, 4.69) is 40.3 Å². The monoisotopic (exact) mass is 419 g/mol. The molecule has 2 aromatic carbocycles. The Hall–Kier alpha value is -2.83. The van der Waals surface area contributed by atoms with Gasteiger partial charge in [0.05, 0.1) is 18.8 Å². The second kappa shape index (κ2) is 8.73. The van der Waals surface area contributed by atoms with E-state index in [0.717, 1.165) is 38.0 Å². The number of likely N-dealkylation sites (tertiary alicyclic amines) is 1. The maximum absolute atomic E-state index is 13.0. The number of piperidine rings is 1. The predicted octanol–water partition coefficient (Wildman–Crippen LogP) is 4.17. The lowest BCUT2D eigenvalue weighted by atomic mass is 9.85. The van der Waals surface area contributed by atoms with E-state index in [-0.39, 0.29) is 11.6 Å². The zero-order chi connectivity index (χ0) is 21.1. The molecular formula is C25H29N3O3. The van der Waals surface area contributed by atoms with Crippen LogP contribution in [0.5, 0.6) is 0 Å². The number of nitrogens with zero attached hydrogens (tertiary/aromatic N) is 2. The van der Waals surface area contributed by atoms with Gasteiger partial charge in [0.2, 0.25) is 0 Å². The Labute approximate surface area is 182 Å². The number of hydrogen-bond acceptors (Lipinski definition) is 4. The van der Waals surface area contributed by atoms with Crippen LogP contribution in [0.1, 0.15) is 24.0 Å². The van der Waals surface area contributed by atoms with Crippen molar-refractivity contribution in [2.45, 2.75) is 31.5 Å². The minimum Gasteiger partial charge on any atom is -0.445 e. The molecule has 5 rings (SSSR count). The largest absolute Gasteiger partial charge is 0.445 e. The zero-order valence-electron chi connectivity index (χ0n) is 17.8. The van der Waals surface area contributed by atoms with Crippen LogP contribution in [-0.2, 0) is 22.6 Å². The first-order valence-electron chi connectivity index (χ1n) is 11.1. The van der Waals surface area contributed by atoms with Gasteiger partial charge in [-0.2, -0.15) is 0 Å². The topological polar surface area (TPSA) is 57.8 Å². The summed E-state index contributed by atoms with van der Waals surface area (Å²) in [6.07, 6.45) is 3.69. The Morgan fingerprint density at radius 2 is 1.81 bits per heavy atom. The summed E-state index contributed by atoms with van der Waals surface area (Å²) < 4.78 is 11.5. The van der Waals surface area contributed by atoms with Gasteiger partial charge in [-0.25, -0.2) is 4.79 Å². The van der Waals surface area contributed by atoms with Crippen molar-refractivity contribution in [3.8, 4) is 0 Å². The molecule has 6 nitrogen and oxygen atoms in total. The van der Waals surface area contributed by atoms with Gasteiger partial charge in [0.1, 0.15) is 6.61 Å². The lowest BCUT2D eigenvalue weighted by Gasteiger charge is -2.50. The molecule has 0 atom stereocenters. The molecule has 0 bridgehead atoms. The Kier molecular flexibility index (Phi) is 5.66. The minimum absolute atomic E-state index is 0.225. The smallest absolute Gasteiger partial charge is 0.410 e. The summed E-state index contributed by atoms with van der Waals surface area (Å²) in [5, 5.41) is 1.29. The number of benzene rings is 2. The van der Waals surface area contributed by atoms with Crippen molar-refractivity contribution in [1.82, 2.24) is 14.8 Å². The number of hydrogen-bond donors (Lipinski definition) is 1. The van der Waals surface area contributed by atoms with Crippen molar-refractivity contribution in [3.05, 3.63) is 71.9 Å². The van der Waals surface area contributed by atoms with Gasteiger partial charge in [-0.05, 0) is 30.0 Å². The van der Waals surface area contributed by atoms with Crippen LogP contribution in [0.2, 0.25) is 0 Å². The van der Waals surface area contributed by atoms with Gasteiger partial charge in [-0.15, -0.1) is 0 Å². The maximum atomic E-state index is 13.0. The number of para-hydroxylation sites is 1. The van der Waals surface area contributed by atoms with Crippen LogP contribution in [0.15, 0.2) is 60.8 Å². The van der Waals surface area contributed by atoms with Gasteiger partial charge in [-0.3, -0.25) is 9.80 Å². The predicted molar refractivity (Wildman–Crippen MR) is 120 cm³/mol. The van der Waals surface area contributed by atoms with E-state index in [1.54, 1.807) is 0 Å². The number of carbonyl (C=O) groups excluding carboxylic acids is 1. The summed E-state index contributed by atoms with van der Waals surface area (Å²) in [6.45, 7) is 4.85. The number of nitrogens with one attached hydrogen (secondary N) is 1. The number of fused-ring (bicyclic) bond motifs is 1. The van der Waals surface area contributed by atoms with E-state index in [0.29, 0.717) is 26.4 Å². The molecule has 1 N–H and O–H groups in total. The molecule has 1 aromatic heterocycles. The highest BCUT2D eigenvalue weighted by Gasteiger charge is 2.45. The normalized spacial score (nSPS) is 19.0. The van der Waals surface area contributed by atoms with Crippen LogP contribution < -0.4 is 0 Å². The number of morpholine rings is 1. The Bertz CT molecular complexity index is 1020. The van der Waals surface area contributed by atoms with Gasteiger partial charge in [0.15, 0.2) is 0 Å². The lowest BCUT2D eigenvalue weighted by molar-refractivity contribution is -0.0871. The molecule has 2 saturated heterocycles. The Morgan fingerprint density at radius 1 is 1.03 bits per heavy atom. The highest BCUT2D eigenvalue weighted by atomic mass is 16.6. The van der Waals surface area contributed by atoms with Crippen molar-refractivity contribution in [2.75, 3.05) is 32.8 Å². The molecule has 31 heavy (non-hydrogen) atoms. The minimum atomic E-state index is -0.261. The second-order valence-electron chi connectivity index (χ2n) is 8.60. The molecule has 0 aliphatic carbocycles. The van der Waals surface area contributed by atoms with Crippen LogP contribution in [0.25, 0.3) is 10.9 Å². The molecule has 0 unspecified atom stereocenters. The molecule has 162 valence electrons. The first-order chi connectivity index (χ1) is 15.2. The average Bonchev–Trinajstić information content (AvgIpc) is 3.23. The van der Waals surface area contributed by atoms with E-state index < -0.39 is 0 Å². The summed E-state index contributed by atoms with van der Waals surface area (Å²) in [6, 6.07) is 18.3. The van der Waals surface area contributed by atoms with E-state index in [4.69, 9.17) is 9.47 Å². The molecular weight excluding hydrogens is 390 g/mol. The highest BCUT2D eigenvalue weighted by molar-refractivity contribution is 5.82. The first-order valence-corrected chi connectivity index (χ1v) is 11.1. The van der Waals surface area contributed by atoms with Crippen LogP contribution >= 0.6 is 0 Å². The summed E-state index contributed by atoms with van der Waals surface area (Å²) >= 11 is 0. The molecule has 0 saturated carbocycles. The number of ether oxygens (including phenoxy) is 2. The third-order valence-electron chi connectivity index (χ3n) is 6.68. The molecule has 3 aromatic rings. The number of amides is 1. The fourth-order valence-electron chi connectivity index (χ4n) is 4.86. The van der Waals surface area contributed by atoms with Crippen molar-refractivity contribution >= 4 is 17.0 Å². The van der Waals surface area contributed by atoms with E-state index >= 15 is 0 Å². The fraction of sp³-hybridized carbons (Fsp3) is 0.400. The number of H-pyrrole nitrogens is 1. The average molecular weight is 420 g/mol. The first kappa shape index (κ1) is 20.1. The second-order valence-corrected chi connectivity index (χ2v) is 8.60. The quantitative estimate of drug-likeness (QED) is 0.690. The third-order valence-corrected chi connectivity index (χ3v) is 6.68. The van der Waals surface area contributed by atoms with E-state index in [1.807, 2.05) is 35.2 Å². The molecule has 2 aliphatic rings. The van der Waals surface area contributed by atoms with Crippen molar-refractivity contribution < 1.29 is 14.3 Å². The van der Waals surface area contributed by atoms with Gasteiger partial charge in [0, 0.05) is 43.3 Å². The Balaban J connectivity index is 1.22. The lowest BCUT2D eigenvalue weighted by Crippen LogP contribution is -2.63. The van der Waals surface area contributed by atoms with Crippen molar-refractivity contribution in [1.29, 1.82) is 0 Å². The van der Waals surface area contributed by atoms with Gasteiger partial charge in [-0.1, -0.05) is 48.5 Å². The van der Waals surface area contributed by atoms with Gasteiger partial charge >= 0.3 is 6.09 Å². The molecule has 2 fully saturated rings. The molecule has 6 heteroatoms. The molecule has 2 aliphatic heterocycles. The number of carbonyl (C=O) groups is 1. The molecule has 0 radical (unpaired) electrons. The standard InChI is InChI=1S/C25H29N3O3/c29-24(31-18-20-6-2-1-3-7-20)28-14-15-30-19-25(28)10-12-27(13-11-25)17-21-16-26-23-9-5-4-8-22(21)23/h1-9,16,26H,10-15,17-19H2. The van der Waals surface area contributed by atoms with Crippen LogP contribution in [-0.4, -0.2) is 59.3 Å². The van der Waals surface area contributed by atoms with Gasteiger partial charge in [0.25, 0.3) is 0 Å². The molecule has 1 amide bonds. The van der Waals surface area contributed by atoms with Crippen molar-refractivity contribution in [3.63, 3.8) is 0 Å². The van der Waals surface area contributed by atoms with E-state index in [1.165, 1.54) is 16.5 Å². The summed E-state index contributed by atoms with van der Waals surface area (Å²) in [7, 11) is 0. The number of rotatable bonds is 4. The number of aromatic amines is 1. The molecule has 3 heterocycles. The summed E-state index contributed by atoms with van der Waals surface area (Å²) in [5.74, 6) is 0. The van der Waals surface area contributed by atoms with Gasteiger partial charge < -0.3 is 14.5 Å². The zero-order valence-corrected chi connectivity index (χ0v) is 17.8. The Morgan fingerprint density at radius 3 is 2.65 bits per heavy atom. The van der Waals surface area contributed by atoms with Crippen LogP contribution in [0.3, 0.4) is 0 Å². The third kappa shape index (κ3) is 4.18. The molecule has 1 spiro atoms. The fourth-order valence-corrected chi connectivity index (χ4v) is 4.86. The van der Waals surface area contributed by atoms with Crippen molar-refractivity contribution in [2.24, 2.45) is 0 Å². The SMILES string of the molecule is O=C(OCc1ccccc1)N1CCOCC12CCN(Cc1c[nH]c3ccccc13)CC2. The number of aromatic nitrogens is 1. The maximum Gasteiger partial charge on any atom is 0.410 e. The summed E-state index contributed by atoms with van der Waals surface area (Å²) in [4.78, 5) is 20.7.